The summed E-state index contributed by atoms with van der Waals surface area (Å²) in [7, 11) is 0. The van der Waals surface area contributed by atoms with Gasteiger partial charge in [0.25, 0.3) is 0 Å². The molecule has 1 rings (SSSR count). The zero-order valence-electron chi connectivity index (χ0n) is 7.02. The van der Waals surface area contributed by atoms with E-state index in [4.69, 9.17) is 22.4 Å². The van der Waals surface area contributed by atoms with E-state index in [9.17, 15) is 0 Å². The van der Waals surface area contributed by atoms with E-state index in [0.29, 0.717) is 0 Å². The largest absolute Gasteiger partial charge is 0.391 e. The molecule has 0 bridgehead atoms. The van der Waals surface area contributed by atoms with Crippen LogP contribution in [0.3, 0.4) is 0 Å². The lowest BCUT2D eigenvalue weighted by Crippen LogP contribution is -2.25. The number of hydrogen-bond acceptors (Lipinski definition) is 2. The maximum absolute atomic E-state index is 8.37. The van der Waals surface area contributed by atoms with Gasteiger partial charge in [-0.3, -0.25) is 0 Å². The summed E-state index contributed by atoms with van der Waals surface area (Å²) in [5, 5.41) is 8.37. The van der Waals surface area contributed by atoms with E-state index < -0.39 is 11.6 Å². The molecule has 0 fully saturated rings. The van der Waals surface area contributed by atoms with Crippen molar-refractivity contribution in [1.82, 2.24) is 0 Å². The summed E-state index contributed by atoms with van der Waals surface area (Å²) in [6.45, 7) is 1.54. The second-order valence-electron chi connectivity index (χ2n) is 2.34. The number of halogens is 1. The number of alkyl halides is 1. The van der Waals surface area contributed by atoms with Crippen LogP contribution in [-0.2, 0) is 0 Å². The highest BCUT2D eigenvalue weighted by Crippen LogP contribution is 1.90. The van der Waals surface area contributed by atoms with Crippen molar-refractivity contribution in [2.24, 2.45) is 5.73 Å². The predicted octanol–water partition coefficient (Wildman–Crippen LogP) is 1.58. The van der Waals surface area contributed by atoms with Crippen LogP contribution < -0.4 is 5.73 Å². The Morgan fingerprint density at radius 1 is 1.08 bits per heavy atom. The van der Waals surface area contributed by atoms with Gasteiger partial charge in [-0.15, -0.1) is 11.6 Å². The Kier molecular flexibility index (Phi) is 6.76. The summed E-state index contributed by atoms with van der Waals surface area (Å²) >= 11 is 5.14. The highest BCUT2D eigenvalue weighted by atomic mass is 35.5. The fourth-order valence-electron chi connectivity index (χ4n) is 0.385. The number of nitrogens with two attached hydrogens (primary N) is 1. The minimum atomic E-state index is -0.620. The first-order valence-corrected chi connectivity index (χ1v) is 4.16. The van der Waals surface area contributed by atoms with Gasteiger partial charge >= 0.3 is 0 Å². The smallest absolute Gasteiger partial charge is 0.106 e. The minimum Gasteiger partial charge on any atom is -0.391 e. The van der Waals surface area contributed by atoms with Crippen LogP contribution in [0, 0.1) is 0 Å². The molecule has 0 aromatic heterocycles. The minimum absolute atomic E-state index is 0.605. The zero-order valence-corrected chi connectivity index (χ0v) is 7.78. The summed E-state index contributed by atoms with van der Waals surface area (Å²) < 4.78 is 0. The maximum Gasteiger partial charge on any atom is 0.106 e. The fraction of sp³-hybridized carbons (Fsp3) is 0.333. The Morgan fingerprint density at radius 3 is 1.33 bits per heavy atom. The van der Waals surface area contributed by atoms with E-state index in [2.05, 4.69) is 0 Å². The molecular weight excluding hydrogens is 174 g/mol. The van der Waals surface area contributed by atoms with Crippen LogP contribution in [0.5, 0.6) is 0 Å². The second kappa shape index (κ2) is 7.10. The highest BCUT2D eigenvalue weighted by Gasteiger charge is 2.00. The lowest BCUT2D eigenvalue weighted by Gasteiger charge is -2.02. The lowest BCUT2D eigenvalue weighted by molar-refractivity contribution is 0.191. The van der Waals surface area contributed by atoms with Gasteiger partial charge in [0.15, 0.2) is 0 Å². The van der Waals surface area contributed by atoms with E-state index in [0.717, 1.165) is 0 Å². The normalized spacial score (nSPS) is 14.0. The topological polar surface area (TPSA) is 46.2 Å². The van der Waals surface area contributed by atoms with Gasteiger partial charge in [-0.05, 0) is 6.92 Å². The van der Waals surface area contributed by atoms with Gasteiger partial charge in [0.05, 0.1) is 6.10 Å². The standard InChI is InChI=1S/C6H6.C3H8ClNO/c1-2-4-6-5-3-1;1-2(6)3(4)5/h1-6H;2-3,6H,5H2,1H3. The van der Waals surface area contributed by atoms with E-state index >= 15 is 0 Å². The maximum atomic E-state index is 8.37. The van der Waals surface area contributed by atoms with Gasteiger partial charge in [-0.25, -0.2) is 0 Å². The van der Waals surface area contributed by atoms with E-state index in [1.54, 1.807) is 0 Å². The summed E-state index contributed by atoms with van der Waals surface area (Å²) in [5.41, 5.74) is 4.33. The molecule has 0 spiro atoms. The van der Waals surface area contributed by atoms with Gasteiger partial charge in [0.1, 0.15) is 5.50 Å². The average Bonchev–Trinajstić information content (AvgIpc) is 2.08. The van der Waals surface area contributed by atoms with Crippen molar-refractivity contribution in [1.29, 1.82) is 0 Å². The van der Waals surface area contributed by atoms with Gasteiger partial charge in [-0.2, -0.15) is 0 Å². The van der Waals surface area contributed by atoms with Crippen LogP contribution in [0.1, 0.15) is 6.92 Å². The molecule has 1 aromatic carbocycles. The molecule has 0 saturated heterocycles. The summed E-state index contributed by atoms with van der Waals surface area (Å²) in [6.07, 6.45) is -0.605. The molecule has 0 radical (unpaired) electrons. The molecule has 0 aliphatic carbocycles. The summed E-state index contributed by atoms with van der Waals surface area (Å²) in [4.78, 5) is 0. The first-order valence-electron chi connectivity index (χ1n) is 3.72. The number of aliphatic hydroxyl groups excluding tert-OH is 1. The predicted molar refractivity (Wildman–Crippen MR) is 52.0 cm³/mol. The van der Waals surface area contributed by atoms with E-state index in [1.165, 1.54) is 6.92 Å². The van der Waals surface area contributed by atoms with E-state index in [-0.39, 0.29) is 0 Å². The molecule has 0 aliphatic heterocycles. The van der Waals surface area contributed by atoms with Crippen LogP contribution in [0.2, 0.25) is 0 Å². The van der Waals surface area contributed by atoms with Crippen LogP contribution >= 0.6 is 11.6 Å². The van der Waals surface area contributed by atoms with Crippen molar-refractivity contribution in [2.45, 2.75) is 18.5 Å². The number of benzene rings is 1. The molecule has 3 N–H and O–H groups in total. The molecule has 0 heterocycles. The number of hydrogen-bond donors (Lipinski definition) is 2. The molecule has 3 heteroatoms. The monoisotopic (exact) mass is 187 g/mol. The third-order valence-electron chi connectivity index (χ3n) is 1.13. The third kappa shape index (κ3) is 7.54. The first-order chi connectivity index (χ1) is 5.64. The van der Waals surface area contributed by atoms with Crippen molar-refractivity contribution < 1.29 is 5.11 Å². The quantitative estimate of drug-likeness (QED) is 0.518. The molecule has 68 valence electrons. The first kappa shape index (κ1) is 11.4. The van der Waals surface area contributed by atoms with Gasteiger partial charge in [-0.1, -0.05) is 36.4 Å². The molecule has 12 heavy (non-hydrogen) atoms. The van der Waals surface area contributed by atoms with Crippen LogP contribution in [0.25, 0.3) is 0 Å². The Hall–Kier alpha value is -0.570. The molecule has 0 aliphatic rings. The Morgan fingerprint density at radius 2 is 1.25 bits per heavy atom. The summed E-state index contributed by atoms with van der Waals surface area (Å²) in [5.74, 6) is 0. The Bertz CT molecular complexity index is 144. The SMILES string of the molecule is CC(O)C(N)Cl.c1ccccc1. The van der Waals surface area contributed by atoms with Gasteiger partial charge < -0.3 is 10.8 Å². The Balaban J connectivity index is 0.000000202. The zero-order chi connectivity index (χ0) is 9.40. The molecule has 2 unspecified atom stereocenters. The fourth-order valence-corrected chi connectivity index (χ4v) is 0.385. The summed E-state index contributed by atoms with van der Waals surface area (Å²) in [6, 6.07) is 12.0. The third-order valence-corrected chi connectivity index (χ3v) is 1.49. The van der Waals surface area contributed by atoms with Crippen molar-refractivity contribution in [2.75, 3.05) is 0 Å². The lowest BCUT2D eigenvalue weighted by atomic mass is 10.4. The van der Waals surface area contributed by atoms with Gasteiger partial charge in [0.2, 0.25) is 0 Å². The highest BCUT2D eigenvalue weighted by molar-refractivity contribution is 6.20. The second-order valence-corrected chi connectivity index (χ2v) is 2.84. The van der Waals surface area contributed by atoms with Crippen molar-refractivity contribution in [3.63, 3.8) is 0 Å². The number of aliphatic hydroxyl groups is 1. The van der Waals surface area contributed by atoms with Crippen molar-refractivity contribution in [3.8, 4) is 0 Å². The van der Waals surface area contributed by atoms with Crippen LogP contribution in [0.4, 0.5) is 0 Å². The van der Waals surface area contributed by atoms with Crippen LogP contribution in [-0.4, -0.2) is 16.7 Å². The number of rotatable bonds is 1. The Labute approximate surface area is 78.0 Å². The van der Waals surface area contributed by atoms with Crippen LogP contribution in [0.15, 0.2) is 36.4 Å². The van der Waals surface area contributed by atoms with E-state index in [1.807, 2.05) is 36.4 Å². The van der Waals surface area contributed by atoms with Crippen molar-refractivity contribution >= 4 is 11.6 Å². The molecule has 0 saturated carbocycles. The molecule has 1 aromatic rings. The molecule has 2 nitrogen and oxygen atoms in total. The molecular formula is C9H14ClNO. The van der Waals surface area contributed by atoms with Crippen molar-refractivity contribution in [3.05, 3.63) is 36.4 Å². The molecule has 2 atom stereocenters. The molecule has 0 amide bonds. The average molecular weight is 188 g/mol. The van der Waals surface area contributed by atoms with Gasteiger partial charge in [0, 0.05) is 0 Å².